The standard InChI is InChI=1S/C29H27ClN2O4S/c1-4-5-16-36-29(35)20-9-12-22(13-10-20)32-27(33)25(31-24-17-21(30)11-8-19(24)3)26(28(32)34)37-23-14-6-18(2)7-15-23/h6-15,17,31H,4-5,16H2,1-3H3. The van der Waals surface area contributed by atoms with Gasteiger partial charge in [-0.1, -0.05) is 60.5 Å². The van der Waals surface area contributed by atoms with E-state index in [4.69, 9.17) is 16.3 Å². The van der Waals surface area contributed by atoms with Crippen molar-refractivity contribution in [1.29, 1.82) is 0 Å². The molecule has 190 valence electrons. The summed E-state index contributed by atoms with van der Waals surface area (Å²) < 4.78 is 5.25. The lowest BCUT2D eigenvalue weighted by Crippen LogP contribution is -2.32. The fourth-order valence-electron chi connectivity index (χ4n) is 3.68. The van der Waals surface area contributed by atoms with E-state index in [1.165, 1.54) is 11.8 Å². The fourth-order valence-corrected chi connectivity index (χ4v) is 4.77. The number of thioether (sulfide) groups is 1. The quantitative estimate of drug-likeness (QED) is 0.183. The Morgan fingerprint density at radius 1 is 0.973 bits per heavy atom. The first kappa shape index (κ1) is 26.5. The lowest BCUT2D eigenvalue weighted by atomic mass is 10.2. The summed E-state index contributed by atoms with van der Waals surface area (Å²) in [7, 11) is 0. The minimum Gasteiger partial charge on any atom is -0.462 e. The summed E-state index contributed by atoms with van der Waals surface area (Å²) >= 11 is 7.42. The number of hydrogen-bond acceptors (Lipinski definition) is 6. The highest BCUT2D eigenvalue weighted by molar-refractivity contribution is 8.04. The van der Waals surface area contributed by atoms with Crippen molar-refractivity contribution in [2.45, 2.75) is 38.5 Å². The van der Waals surface area contributed by atoms with Gasteiger partial charge in [0.15, 0.2) is 0 Å². The van der Waals surface area contributed by atoms with E-state index < -0.39 is 17.8 Å². The van der Waals surface area contributed by atoms with Gasteiger partial charge in [0.2, 0.25) is 0 Å². The first-order valence-electron chi connectivity index (χ1n) is 12.0. The molecule has 1 N–H and O–H groups in total. The zero-order valence-corrected chi connectivity index (χ0v) is 22.4. The van der Waals surface area contributed by atoms with Crippen molar-refractivity contribution in [1.82, 2.24) is 0 Å². The third-order valence-electron chi connectivity index (χ3n) is 5.83. The van der Waals surface area contributed by atoms with Gasteiger partial charge in [0.05, 0.1) is 17.9 Å². The molecular weight excluding hydrogens is 508 g/mol. The summed E-state index contributed by atoms with van der Waals surface area (Å²) in [4.78, 5) is 41.7. The monoisotopic (exact) mass is 534 g/mol. The molecule has 0 spiro atoms. The first-order chi connectivity index (χ1) is 17.8. The van der Waals surface area contributed by atoms with Crippen molar-refractivity contribution in [2.24, 2.45) is 0 Å². The predicted octanol–water partition coefficient (Wildman–Crippen LogP) is 6.90. The molecule has 0 aliphatic carbocycles. The maximum Gasteiger partial charge on any atom is 0.338 e. The van der Waals surface area contributed by atoms with E-state index in [1.807, 2.05) is 51.1 Å². The van der Waals surface area contributed by atoms with Crippen LogP contribution in [-0.2, 0) is 14.3 Å². The average molecular weight is 535 g/mol. The summed E-state index contributed by atoms with van der Waals surface area (Å²) in [5.74, 6) is -1.38. The van der Waals surface area contributed by atoms with E-state index in [0.717, 1.165) is 33.8 Å². The number of hydrogen-bond donors (Lipinski definition) is 1. The SMILES string of the molecule is CCCCOC(=O)c1ccc(N2C(=O)C(Nc3cc(Cl)ccc3C)=C(Sc3ccc(C)cc3)C2=O)cc1. The van der Waals surface area contributed by atoms with Crippen LogP contribution in [0.5, 0.6) is 0 Å². The molecule has 3 aromatic rings. The number of nitrogens with one attached hydrogen (secondary N) is 1. The Hall–Kier alpha value is -3.55. The molecule has 8 heteroatoms. The molecule has 0 unspecified atom stereocenters. The highest BCUT2D eigenvalue weighted by Gasteiger charge is 2.40. The molecule has 6 nitrogen and oxygen atoms in total. The van der Waals surface area contributed by atoms with Crippen molar-refractivity contribution in [2.75, 3.05) is 16.8 Å². The van der Waals surface area contributed by atoms with E-state index in [0.29, 0.717) is 28.6 Å². The van der Waals surface area contributed by atoms with Gasteiger partial charge in [-0.2, -0.15) is 0 Å². The van der Waals surface area contributed by atoms with Crippen LogP contribution in [0.4, 0.5) is 11.4 Å². The summed E-state index contributed by atoms with van der Waals surface area (Å²) in [5.41, 5.74) is 3.49. The molecule has 0 saturated heterocycles. The van der Waals surface area contributed by atoms with Crippen LogP contribution in [0.2, 0.25) is 5.02 Å². The van der Waals surface area contributed by atoms with Gasteiger partial charge in [0.25, 0.3) is 11.8 Å². The molecule has 0 bridgehead atoms. The van der Waals surface area contributed by atoms with E-state index in [-0.39, 0.29) is 10.6 Å². The Morgan fingerprint density at radius 2 is 1.68 bits per heavy atom. The van der Waals surface area contributed by atoms with Gasteiger partial charge in [-0.3, -0.25) is 9.59 Å². The van der Waals surface area contributed by atoms with Crippen molar-refractivity contribution in [3.8, 4) is 0 Å². The van der Waals surface area contributed by atoms with Crippen LogP contribution < -0.4 is 10.2 Å². The van der Waals surface area contributed by atoms with E-state index in [9.17, 15) is 14.4 Å². The molecule has 1 aliphatic heterocycles. The molecule has 0 atom stereocenters. The normalized spacial score (nSPS) is 13.4. The zero-order chi connectivity index (χ0) is 26.5. The molecule has 1 aliphatic rings. The van der Waals surface area contributed by atoms with Gasteiger partial charge in [0.1, 0.15) is 10.6 Å². The number of anilines is 2. The summed E-state index contributed by atoms with van der Waals surface area (Å²) in [6, 6.07) is 19.3. The van der Waals surface area contributed by atoms with Crippen molar-refractivity contribution in [3.63, 3.8) is 0 Å². The number of carbonyl (C=O) groups excluding carboxylic acids is 3. The highest BCUT2D eigenvalue weighted by Crippen LogP contribution is 2.38. The third kappa shape index (κ3) is 6.06. The Morgan fingerprint density at radius 3 is 2.35 bits per heavy atom. The Bertz CT molecular complexity index is 1370. The molecule has 3 aromatic carbocycles. The summed E-state index contributed by atoms with van der Waals surface area (Å²) in [5, 5.41) is 3.67. The molecule has 2 amide bonds. The molecule has 0 saturated carbocycles. The van der Waals surface area contributed by atoms with Crippen molar-refractivity contribution < 1.29 is 19.1 Å². The number of esters is 1. The van der Waals surface area contributed by atoms with Gasteiger partial charge in [0, 0.05) is 15.6 Å². The second-order valence-electron chi connectivity index (χ2n) is 8.69. The topological polar surface area (TPSA) is 75.7 Å². The van der Waals surface area contributed by atoms with Crippen LogP contribution in [0.3, 0.4) is 0 Å². The number of rotatable bonds is 9. The predicted molar refractivity (Wildman–Crippen MR) is 148 cm³/mol. The maximum atomic E-state index is 13.6. The number of aryl methyl sites for hydroxylation is 2. The number of amides is 2. The minimum atomic E-state index is -0.489. The van der Waals surface area contributed by atoms with Crippen LogP contribution in [-0.4, -0.2) is 24.4 Å². The molecule has 1 heterocycles. The summed E-state index contributed by atoms with van der Waals surface area (Å²) in [6.45, 7) is 6.24. The average Bonchev–Trinajstić information content (AvgIpc) is 3.11. The molecule has 37 heavy (non-hydrogen) atoms. The number of unbranched alkanes of at least 4 members (excludes halogenated alkanes) is 1. The van der Waals surface area contributed by atoms with Gasteiger partial charge < -0.3 is 10.1 Å². The van der Waals surface area contributed by atoms with Crippen LogP contribution in [0.15, 0.2) is 82.2 Å². The second-order valence-corrected chi connectivity index (χ2v) is 10.2. The largest absolute Gasteiger partial charge is 0.462 e. The summed E-state index contributed by atoms with van der Waals surface area (Å²) in [6.07, 6.45) is 1.71. The smallest absolute Gasteiger partial charge is 0.338 e. The molecule has 0 fully saturated rings. The van der Waals surface area contributed by atoms with Crippen LogP contribution >= 0.6 is 23.4 Å². The van der Waals surface area contributed by atoms with Crippen molar-refractivity contribution >= 4 is 52.5 Å². The third-order valence-corrected chi connectivity index (χ3v) is 7.16. The van der Waals surface area contributed by atoms with Crippen molar-refractivity contribution in [3.05, 3.63) is 99.0 Å². The van der Waals surface area contributed by atoms with E-state index in [1.54, 1.807) is 36.4 Å². The Labute approximate surface area is 225 Å². The number of nitrogens with zero attached hydrogens (tertiary/aromatic N) is 1. The zero-order valence-electron chi connectivity index (χ0n) is 20.8. The fraction of sp³-hybridized carbons (Fsp3) is 0.207. The van der Waals surface area contributed by atoms with E-state index >= 15 is 0 Å². The Kier molecular flexibility index (Phi) is 8.36. The lowest BCUT2D eigenvalue weighted by molar-refractivity contribution is -0.120. The van der Waals surface area contributed by atoms with Gasteiger partial charge in [-0.05, 0) is 74.4 Å². The minimum absolute atomic E-state index is 0.170. The van der Waals surface area contributed by atoms with Crippen LogP contribution in [0, 0.1) is 13.8 Å². The van der Waals surface area contributed by atoms with Crippen LogP contribution in [0.25, 0.3) is 0 Å². The molecule has 0 radical (unpaired) electrons. The number of imide groups is 1. The Balaban J connectivity index is 1.65. The molecule has 0 aromatic heterocycles. The van der Waals surface area contributed by atoms with Crippen LogP contribution in [0.1, 0.15) is 41.3 Å². The van der Waals surface area contributed by atoms with Gasteiger partial charge >= 0.3 is 5.97 Å². The molecule has 4 rings (SSSR count). The van der Waals surface area contributed by atoms with E-state index in [2.05, 4.69) is 5.32 Å². The number of ether oxygens (including phenoxy) is 1. The number of halogens is 1. The lowest BCUT2D eigenvalue weighted by Gasteiger charge is -2.16. The van der Waals surface area contributed by atoms with Gasteiger partial charge in [-0.25, -0.2) is 9.69 Å². The second kappa shape index (κ2) is 11.7. The molecular formula is C29H27ClN2O4S. The number of carbonyl (C=O) groups is 3. The highest BCUT2D eigenvalue weighted by atomic mass is 35.5. The maximum absolute atomic E-state index is 13.6. The van der Waals surface area contributed by atoms with Gasteiger partial charge in [-0.15, -0.1) is 0 Å². The first-order valence-corrected chi connectivity index (χ1v) is 13.2. The number of benzene rings is 3.